The van der Waals surface area contributed by atoms with Crippen molar-refractivity contribution in [2.45, 2.75) is 26.2 Å². The molecule has 0 aliphatic carbocycles. The summed E-state index contributed by atoms with van der Waals surface area (Å²) in [4.78, 5) is 29.8. The first-order chi connectivity index (χ1) is 14.5. The average Bonchev–Trinajstić information content (AvgIpc) is 2.78. The first-order valence-electron chi connectivity index (χ1n) is 10.3. The van der Waals surface area contributed by atoms with Crippen LogP contribution >= 0.6 is 11.6 Å². The monoisotopic (exact) mass is 428 g/mol. The van der Waals surface area contributed by atoms with Crippen molar-refractivity contribution >= 4 is 29.1 Å². The fraction of sp³-hybridized carbons (Fsp3) is 0.391. The van der Waals surface area contributed by atoms with Gasteiger partial charge in [-0.05, 0) is 50.5 Å². The second-order valence-corrected chi connectivity index (χ2v) is 8.06. The van der Waals surface area contributed by atoms with E-state index in [1.807, 2.05) is 36.1 Å². The van der Waals surface area contributed by atoms with Crippen molar-refractivity contribution < 1.29 is 19.1 Å². The van der Waals surface area contributed by atoms with Crippen molar-refractivity contribution in [2.24, 2.45) is 0 Å². The van der Waals surface area contributed by atoms with Gasteiger partial charge in [0.25, 0.3) is 5.91 Å². The molecule has 7 heteroatoms. The van der Waals surface area contributed by atoms with Gasteiger partial charge in [-0.3, -0.25) is 14.5 Å². The quantitative estimate of drug-likeness (QED) is 0.736. The molecule has 2 heterocycles. The van der Waals surface area contributed by atoms with Gasteiger partial charge in [0, 0.05) is 24.3 Å². The van der Waals surface area contributed by atoms with Crippen molar-refractivity contribution in [3.63, 3.8) is 0 Å². The number of ether oxygens (including phenoxy) is 2. The minimum absolute atomic E-state index is 0.0199. The van der Waals surface area contributed by atoms with Crippen LogP contribution in [-0.4, -0.2) is 49.6 Å². The van der Waals surface area contributed by atoms with E-state index in [2.05, 4.69) is 0 Å². The molecule has 0 aromatic heterocycles. The second kappa shape index (κ2) is 8.96. The lowest BCUT2D eigenvalue weighted by Crippen LogP contribution is -2.45. The molecular weight excluding hydrogens is 404 g/mol. The zero-order valence-corrected chi connectivity index (χ0v) is 17.8. The molecule has 2 aliphatic rings. The Morgan fingerprint density at radius 3 is 2.47 bits per heavy atom. The Morgan fingerprint density at radius 1 is 1.03 bits per heavy atom. The van der Waals surface area contributed by atoms with Crippen molar-refractivity contribution in [3.05, 3.63) is 52.5 Å². The molecule has 1 saturated heterocycles. The van der Waals surface area contributed by atoms with Gasteiger partial charge in [-0.25, -0.2) is 0 Å². The van der Waals surface area contributed by atoms with Gasteiger partial charge in [-0.1, -0.05) is 29.3 Å². The molecule has 0 saturated carbocycles. The zero-order valence-electron chi connectivity index (χ0n) is 17.0. The van der Waals surface area contributed by atoms with Crippen molar-refractivity contribution in [3.8, 4) is 11.5 Å². The molecule has 0 unspecified atom stereocenters. The highest BCUT2D eigenvalue weighted by atomic mass is 35.5. The number of carbonyl (C=O) groups excluding carboxylic acids is 2. The van der Waals surface area contributed by atoms with Gasteiger partial charge in [-0.15, -0.1) is 0 Å². The Kier molecular flexibility index (Phi) is 6.13. The standard InChI is InChI=1S/C23H25ClN2O4/c1-16-5-7-18(8-6-16)26(15-21(27)25-9-3-2-4-10-25)23(28)17-13-19(24)22-20(14-17)29-11-12-30-22/h5-8,13-14H,2-4,9-12,15H2,1H3. The lowest BCUT2D eigenvalue weighted by Gasteiger charge is -2.30. The number of anilines is 1. The predicted molar refractivity (Wildman–Crippen MR) is 116 cm³/mol. The maximum atomic E-state index is 13.5. The molecule has 0 atom stereocenters. The molecule has 0 N–H and O–H groups in total. The number of piperidine rings is 1. The van der Waals surface area contributed by atoms with E-state index in [-0.39, 0.29) is 18.4 Å². The van der Waals surface area contributed by atoms with Crippen LogP contribution < -0.4 is 14.4 Å². The molecule has 0 spiro atoms. The van der Waals surface area contributed by atoms with Crippen LogP contribution in [0.25, 0.3) is 0 Å². The number of rotatable bonds is 4. The van der Waals surface area contributed by atoms with E-state index in [1.54, 1.807) is 12.1 Å². The topological polar surface area (TPSA) is 59.1 Å². The minimum Gasteiger partial charge on any atom is -0.486 e. The van der Waals surface area contributed by atoms with Crippen LogP contribution in [0, 0.1) is 6.92 Å². The first-order valence-corrected chi connectivity index (χ1v) is 10.7. The van der Waals surface area contributed by atoms with Crippen molar-refractivity contribution in [1.29, 1.82) is 0 Å². The molecular formula is C23H25ClN2O4. The van der Waals surface area contributed by atoms with Gasteiger partial charge in [0.15, 0.2) is 11.5 Å². The molecule has 2 amide bonds. The van der Waals surface area contributed by atoms with E-state index in [0.29, 0.717) is 41.0 Å². The highest BCUT2D eigenvalue weighted by Crippen LogP contribution is 2.38. The molecule has 6 nitrogen and oxygen atoms in total. The number of benzene rings is 2. The normalized spacial score (nSPS) is 15.6. The highest BCUT2D eigenvalue weighted by Gasteiger charge is 2.27. The Morgan fingerprint density at radius 2 is 1.73 bits per heavy atom. The minimum atomic E-state index is -0.303. The third-order valence-electron chi connectivity index (χ3n) is 5.44. The maximum Gasteiger partial charge on any atom is 0.258 e. The van der Waals surface area contributed by atoms with Crippen LogP contribution in [0.4, 0.5) is 5.69 Å². The molecule has 0 bridgehead atoms. The van der Waals surface area contributed by atoms with E-state index in [0.717, 1.165) is 37.9 Å². The van der Waals surface area contributed by atoms with Crippen LogP contribution in [0.3, 0.4) is 0 Å². The fourth-order valence-electron chi connectivity index (χ4n) is 3.77. The summed E-state index contributed by atoms with van der Waals surface area (Å²) < 4.78 is 11.2. The SMILES string of the molecule is Cc1ccc(N(CC(=O)N2CCCCC2)C(=O)c2cc(Cl)c3c(c2)OCCO3)cc1. The molecule has 158 valence electrons. The summed E-state index contributed by atoms with van der Waals surface area (Å²) in [5, 5.41) is 0.321. The largest absolute Gasteiger partial charge is 0.486 e. The Bertz CT molecular complexity index is 939. The van der Waals surface area contributed by atoms with Crippen LogP contribution in [0.5, 0.6) is 11.5 Å². The van der Waals surface area contributed by atoms with Crippen LogP contribution in [-0.2, 0) is 4.79 Å². The number of amides is 2. The first kappa shape index (κ1) is 20.5. The molecule has 4 rings (SSSR count). The number of carbonyl (C=O) groups is 2. The number of nitrogens with zero attached hydrogens (tertiary/aromatic N) is 2. The van der Waals surface area contributed by atoms with Gasteiger partial charge >= 0.3 is 0 Å². The third kappa shape index (κ3) is 4.38. The smallest absolute Gasteiger partial charge is 0.258 e. The lowest BCUT2D eigenvalue weighted by atomic mass is 10.1. The molecule has 2 aromatic carbocycles. The molecule has 2 aromatic rings. The average molecular weight is 429 g/mol. The van der Waals surface area contributed by atoms with Gasteiger partial charge < -0.3 is 14.4 Å². The Balaban J connectivity index is 1.64. The summed E-state index contributed by atoms with van der Waals surface area (Å²) in [7, 11) is 0. The number of hydrogen-bond donors (Lipinski definition) is 0. The number of hydrogen-bond acceptors (Lipinski definition) is 4. The molecule has 30 heavy (non-hydrogen) atoms. The highest BCUT2D eigenvalue weighted by molar-refractivity contribution is 6.33. The summed E-state index contributed by atoms with van der Waals surface area (Å²) in [5.41, 5.74) is 2.11. The zero-order chi connectivity index (χ0) is 21.1. The predicted octanol–water partition coefficient (Wildman–Crippen LogP) is 4.08. The van der Waals surface area contributed by atoms with Crippen molar-refractivity contribution in [1.82, 2.24) is 4.90 Å². The van der Waals surface area contributed by atoms with Gasteiger partial charge in [0.05, 0.1) is 5.02 Å². The Hall–Kier alpha value is -2.73. The summed E-state index contributed by atoms with van der Waals surface area (Å²) in [6.07, 6.45) is 3.14. The summed E-state index contributed by atoms with van der Waals surface area (Å²) >= 11 is 6.34. The van der Waals surface area contributed by atoms with Crippen LogP contribution in [0.2, 0.25) is 5.02 Å². The molecule has 1 fully saturated rings. The van der Waals surface area contributed by atoms with Crippen LogP contribution in [0.15, 0.2) is 36.4 Å². The maximum absolute atomic E-state index is 13.5. The van der Waals surface area contributed by atoms with Gasteiger partial charge in [0.2, 0.25) is 5.91 Å². The summed E-state index contributed by atoms with van der Waals surface area (Å²) in [6, 6.07) is 10.8. The molecule has 0 radical (unpaired) electrons. The number of halogens is 1. The van der Waals surface area contributed by atoms with E-state index in [1.165, 1.54) is 4.90 Å². The third-order valence-corrected chi connectivity index (χ3v) is 5.72. The summed E-state index contributed by atoms with van der Waals surface area (Å²) in [5.74, 6) is 0.546. The number of fused-ring (bicyclic) bond motifs is 1. The van der Waals surface area contributed by atoms with E-state index < -0.39 is 0 Å². The van der Waals surface area contributed by atoms with Gasteiger partial charge in [-0.2, -0.15) is 0 Å². The van der Waals surface area contributed by atoms with Crippen LogP contribution in [0.1, 0.15) is 35.2 Å². The van der Waals surface area contributed by atoms with E-state index in [9.17, 15) is 9.59 Å². The number of likely N-dealkylation sites (tertiary alicyclic amines) is 1. The van der Waals surface area contributed by atoms with Gasteiger partial charge in [0.1, 0.15) is 19.8 Å². The second-order valence-electron chi connectivity index (χ2n) is 7.65. The lowest BCUT2D eigenvalue weighted by molar-refractivity contribution is -0.130. The fourth-order valence-corrected chi connectivity index (χ4v) is 4.04. The van der Waals surface area contributed by atoms with E-state index in [4.69, 9.17) is 21.1 Å². The number of aryl methyl sites for hydroxylation is 1. The molecule has 2 aliphatic heterocycles. The van der Waals surface area contributed by atoms with Crippen molar-refractivity contribution in [2.75, 3.05) is 37.7 Å². The Labute approximate surface area is 181 Å². The van der Waals surface area contributed by atoms with E-state index >= 15 is 0 Å². The summed E-state index contributed by atoms with van der Waals surface area (Å²) in [6.45, 7) is 4.26.